The number of rotatable bonds is 2. The topological polar surface area (TPSA) is 23.5 Å². The molecule has 0 amide bonds. The van der Waals surface area contributed by atoms with E-state index in [4.69, 9.17) is 0 Å². The summed E-state index contributed by atoms with van der Waals surface area (Å²) < 4.78 is 1.07. The summed E-state index contributed by atoms with van der Waals surface area (Å²) in [6.45, 7) is 4.45. The van der Waals surface area contributed by atoms with Gasteiger partial charge in [-0.05, 0) is 49.3 Å². The van der Waals surface area contributed by atoms with Crippen molar-refractivity contribution < 1.29 is 5.11 Å². The van der Waals surface area contributed by atoms with Gasteiger partial charge in [0.2, 0.25) is 0 Å². The van der Waals surface area contributed by atoms with Gasteiger partial charge in [0.05, 0.1) is 5.60 Å². The van der Waals surface area contributed by atoms with E-state index in [-0.39, 0.29) is 0 Å². The largest absolute Gasteiger partial charge is 0.385 e. The molecule has 0 aromatic heterocycles. The Hall–Kier alpha value is -0.380. The number of piperidine rings is 1. The first-order valence-corrected chi connectivity index (χ1v) is 9.09. The molecular weight excluding hydrogens is 326 g/mol. The minimum absolute atomic E-state index is 0.627. The molecule has 1 N–H and O–H groups in total. The monoisotopic (exact) mass is 351 g/mol. The van der Waals surface area contributed by atoms with E-state index >= 15 is 0 Å². The molecule has 21 heavy (non-hydrogen) atoms. The summed E-state index contributed by atoms with van der Waals surface area (Å²) in [6.07, 6.45) is 7.18. The molecule has 0 spiro atoms. The van der Waals surface area contributed by atoms with E-state index < -0.39 is 5.60 Å². The Morgan fingerprint density at radius 3 is 2.43 bits per heavy atom. The molecule has 2 aliphatic rings. The lowest BCUT2D eigenvalue weighted by Gasteiger charge is -2.44. The van der Waals surface area contributed by atoms with E-state index in [1.807, 2.05) is 12.1 Å². The second-order valence-electron chi connectivity index (χ2n) is 7.00. The third-order valence-corrected chi connectivity index (χ3v) is 5.96. The molecule has 3 rings (SSSR count). The average Bonchev–Trinajstić information content (AvgIpc) is 2.48. The van der Waals surface area contributed by atoms with Crippen molar-refractivity contribution in [1.82, 2.24) is 4.90 Å². The van der Waals surface area contributed by atoms with Gasteiger partial charge >= 0.3 is 0 Å². The van der Waals surface area contributed by atoms with E-state index in [1.54, 1.807) is 0 Å². The van der Waals surface area contributed by atoms with Crippen LogP contribution in [0.3, 0.4) is 0 Å². The fraction of sp³-hybridized carbons (Fsp3) is 0.667. The highest BCUT2D eigenvalue weighted by atomic mass is 79.9. The van der Waals surface area contributed by atoms with E-state index in [9.17, 15) is 5.11 Å². The predicted molar refractivity (Wildman–Crippen MR) is 90.3 cm³/mol. The highest BCUT2D eigenvalue weighted by molar-refractivity contribution is 9.10. The molecule has 116 valence electrons. The Bertz CT molecular complexity index is 465. The van der Waals surface area contributed by atoms with Crippen molar-refractivity contribution >= 4 is 15.9 Å². The van der Waals surface area contributed by atoms with Gasteiger partial charge in [-0.1, -0.05) is 47.8 Å². The molecule has 1 heterocycles. The van der Waals surface area contributed by atoms with Gasteiger partial charge in [-0.25, -0.2) is 0 Å². The van der Waals surface area contributed by atoms with Gasteiger partial charge < -0.3 is 10.0 Å². The molecule has 1 saturated carbocycles. The van der Waals surface area contributed by atoms with Crippen LogP contribution in [0.25, 0.3) is 0 Å². The van der Waals surface area contributed by atoms with Crippen LogP contribution < -0.4 is 0 Å². The molecule has 0 radical (unpaired) electrons. The lowest BCUT2D eigenvalue weighted by molar-refractivity contribution is -0.0411. The van der Waals surface area contributed by atoms with Crippen LogP contribution in [-0.2, 0) is 5.60 Å². The number of likely N-dealkylation sites (tertiary alicyclic amines) is 1. The Kier molecular flexibility index (Phi) is 4.72. The molecule has 3 heteroatoms. The zero-order valence-electron chi connectivity index (χ0n) is 12.9. The minimum Gasteiger partial charge on any atom is -0.385 e. The van der Waals surface area contributed by atoms with Gasteiger partial charge in [0, 0.05) is 23.6 Å². The number of nitrogens with zero attached hydrogens (tertiary/aromatic N) is 1. The third-order valence-electron chi connectivity index (χ3n) is 5.43. The highest BCUT2D eigenvalue weighted by Crippen LogP contribution is 2.36. The SMILES string of the molecule is C[C@H]1CCC[C@H](N2CCC(O)(c3ccc(Br)cc3)CC2)C1. The Labute approximate surface area is 136 Å². The zero-order chi connectivity index (χ0) is 14.9. The van der Waals surface area contributed by atoms with Gasteiger partial charge in [0.15, 0.2) is 0 Å². The third kappa shape index (κ3) is 3.52. The predicted octanol–water partition coefficient (Wildman–Crippen LogP) is 4.31. The number of benzene rings is 1. The molecule has 2 fully saturated rings. The number of hydrogen-bond acceptors (Lipinski definition) is 2. The van der Waals surface area contributed by atoms with Gasteiger partial charge in [0.1, 0.15) is 0 Å². The Morgan fingerprint density at radius 2 is 1.81 bits per heavy atom. The lowest BCUT2D eigenvalue weighted by Crippen LogP contribution is -2.48. The fourth-order valence-corrected chi connectivity index (χ4v) is 4.31. The van der Waals surface area contributed by atoms with Crippen LogP contribution in [0.2, 0.25) is 0 Å². The minimum atomic E-state index is -0.627. The molecule has 1 saturated heterocycles. The van der Waals surface area contributed by atoms with Crippen molar-refractivity contribution in [3.05, 3.63) is 34.3 Å². The average molecular weight is 352 g/mol. The second-order valence-corrected chi connectivity index (χ2v) is 7.92. The smallest absolute Gasteiger partial charge is 0.0920 e. The molecule has 1 aliphatic heterocycles. The summed E-state index contributed by atoms with van der Waals surface area (Å²) in [4.78, 5) is 2.63. The van der Waals surface area contributed by atoms with Crippen LogP contribution in [-0.4, -0.2) is 29.1 Å². The molecule has 2 nitrogen and oxygen atoms in total. The number of halogens is 1. The van der Waals surface area contributed by atoms with Crippen LogP contribution in [0.15, 0.2) is 28.7 Å². The maximum atomic E-state index is 11.0. The molecule has 0 unspecified atom stereocenters. The van der Waals surface area contributed by atoms with Gasteiger partial charge in [0.25, 0.3) is 0 Å². The maximum Gasteiger partial charge on any atom is 0.0920 e. The van der Waals surface area contributed by atoms with Crippen LogP contribution in [0.5, 0.6) is 0 Å². The van der Waals surface area contributed by atoms with Crippen LogP contribution in [0, 0.1) is 5.92 Å². The molecular formula is C18H26BrNO. The standard InChI is InChI=1S/C18H26BrNO/c1-14-3-2-4-17(13-14)20-11-9-18(21,10-12-20)15-5-7-16(19)8-6-15/h5-8,14,17,21H,2-4,9-13H2,1H3/t14-,17-/m0/s1. The van der Waals surface area contributed by atoms with E-state index in [2.05, 4.69) is 39.9 Å². The van der Waals surface area contributed by atoms with Gasteiger partial charge in [-0.15, -0.1) is 0 Å². The first-order chi connectivity index (χ1) is 10.1. The molecule has 1 aliphatic carbocycles. The van der Waals surface area contributed by atoms with Crippen molar-refractivity contribution in [2.24, 2.45) is 5.92 Å². The Balaban J connectivity index is 1.62. The molecule has 1 aromatic carbocycles. The quantitative estimate of drug-likeness (QED) is 0.857. The van der Waals surface area contributed by atoms with E-state index in [1.165, 1.54) is 25.7 Å². The van der Waals surface area contributed by atoms with Crippen molar-refractivity contribution in [1.29, 1.82) is 0 Å². The highest BCUT2D eigenvalue weighted by Gasteiger charge is 2.36. The van der Waals surface area contributed by atoms with Crippen molar-refractivity contribution in [3.8, 4) is 0 Å². The number of aliphatic hydroxyl groups is 1. The first-order valence-electron chi connectivity index (χ1n) is 8.29. The zero-order valence-corrected chi connectivity index (χ0v) is 14.5. The summed E-state index contributed by atoms with van der Waals surface area (Å²) in [6, 6.07) is 8.93. The second kappa shape index (κ2) is 6.39. The van der Waals surface area contributed by atoms with Crippen molar-refractivity contribution in [2.75, 3.05) is 13.1 Å². The summed E-state index contributed by atoms with van der Waals surface area (Å²) in [5.74, 6) is 0.871. The normalized spacial score (nSPS) is 30.2. The van der Waals surface area contributed by atoms with Crippen LogP contribution in [0.1, 0.15) is 51.0 Å². The van der Waals surface area contributed by atoms with Crippen LogP contribution in [0.4, 0.5) is 0 Å². The lowest BCUT2D eigenvalue weighted by atomic mass is 9.81. The van der Waals surface area contributed by atoms with Gasteiger partial charge in [-0.3, -0.25) is 0 Å². The Morgan fingerprint density at radius 1 is 1.14 bits per heavy atom. The molecule has 1 aromatic rings. The summed E-state index contributed by atoms with van der Waals surface area (Å²) >= 11 is 3.46. The molecule has 0 bridgehead atoms. The van der Waals surface area contributed by atoms with Crippen molar-refractivity contribution in [3.63, 3.8) is 0 Å². The number of hydrogen-bond donors (Lipinski definition) is 1. The summed E-state index contributed by atoms with van der Waals surface area (Å²) in [5.41, 5.74) is 0.444. The summed E-state index contributed by atoms with van der Waals surface area (Å²) in [7, 11) is 0. The fourth-order valence-electron chi connectivity index (χ4n) is 4.04. The van der Waals surface area contributed by atoms with E-state index in [0.29, 0.717) is 0 Å². The maximum absolute atomic E-state index is 11.0. The molecule has 2 atom stereocenters. The van der Waals surface area contributed by atoms with E-state index in [0.717, 1.165) is 47.9 Å². The van der Waals surface area contributed by atoms with Gasteiger partial charge in [-0.2, -0.15) is 0 Å². The first kappa shape index (κ1) is 15.5. The summed E-state index contributed by atoms with van der Waals surface area (Å²) in [5, 5.41) is 11.0. The van der Waals surface area contributed by atoms with Crippen LogP contribution >= 0.6 is 15.9 Å². The van der Waals surface area contributed by atoms with Crippen molar-refractivity contribution in [2.45, 2.75) is 57.1 Å².